The maximum Gasteiger partial charge on any atom is 0.265 e. The van der Waals surface area contributed by atoms with Gasteiger partial charge < -0.3 is 5.73 Å². The summed E-state index contributed by atoms with van der Waals surface area (Å²) < 4.78 is 25.1. The molecular formula is C7H6N2O3S2. The van der Waals surface area contributed by atoms with Gasteiger partial charge in [-0.25, -0.2) is 8.42 Å². The molecule has 0 aromatic carbocycles. The summed E-state index contributed by atoms with van der Waals surface area (Å²) in [5.41, 5.74) is 4.89. The first kappa shape index (κ1) is 9.22. The molecular weight excluding hydrogens is 224 g/mol. The fourth-order valence-corrected chi connectivity index (χ4v) is 3.53. The Morgan fingerprint density at radius 2 is 2.21 bits per heavy atom. The molecule has 0 atom stereocenters. The van der Waals surface area contributed by atoms with E-state index in [2.05, 4.69) is 4.72 Å². The quantitative estimate of drug-likeness (QED) is 0.704. The number of fused-ring (bicyclic) bond motifs is 1. The van der Waals surface area contributed by atoms with Crippen LogP contribution >= 0.6 is 11.3 Å². The van der Waals surface area contributed by atoms with Crippen LogP contribution in [0.4, 0.5) is 0 Å². The normalized spacial score (nSPS) is 17.9. The number of amides is 1. The van der Waals surface area contributed by atoms with E-state index in [-0.39, 0.29) is 10.6 Å². The van der Waals surface area contributed by atoms with E-state index in [4.69, 9.17) is 5.73 Å². The van der Waals surface area contributed by atoms with Gasteiger partial charge in [0.1, 0.15) is 10.6 Å². The average Bonchev–Trinajstić information content (AvgIpc) is 2.51. The molecule has 1 aliphatic rings. The summed E-state index contributed by atoms with van der Waals surface area (Å²) in [6.45, 7) is 0. The second kappa shape index (κ2) is 2.82. The molecule has 2 heterocycles. The van der Waals surface area contributed by atoms with E-state index in [0.29, 0.717) is 4.88 Å². The molecule has 1 amide bonds. The summed E-state index contributed by atoms with van der Waals surface area (Å²) >= 11 is 1.25. The zero-order chi connectivity index (χ0) is 10.3. The van der Waals surface area contributed by atoms with Crippen molar-refractivity contribution in [3.8, 4) is 0 Å². The lowest BCUT2D eigenvalue weighted by molar-refractivity contribution is -0.114. The van der Waals surface area contributed by atoms with Crippen molar-refractivity contribution in [1.29, 1.82) is 0 Å². The molecule has 7 heteroatoms. The number of nitrogens with two attached hydrogens (primary N) is 1. The first-order valence-corrected chi connectivity index (χ1v) is 5.99. The Hall–Kier alpha value is -1.34. The number of carbonyl (C=O) groups is 1. The number of carbonyl (C=O) groups excluding carboxylic acids is 1. The first-order chi connectivity index (χ1) is 6.50. The standard InChI is InChI=1S/C7H6N2O3S2/c8-7(10)4-3-5-6(1-2-13-5)14(11,12)9-4/h1-3,9H,(H2,8,10). The van der Waals surface area contributed by atoms with E-state index >= 15 is 0 Å². The number of rotatable bonds is 1. The summed E-state index contributed by atoms with van der Waals surface area (Å²) in [5.74, 6) is -0.785. The molecule has 1 aromatic heterocycles. The summed E-state index contributed by atoms with van der Waals surface area (Å²) in [4.78, 5) is 11.5. The lowest BCUT2D eigenvalue weighted by Crippen LogP contribution is -2.33. The van der Waals surface area contributed by atoms with Crippen LogP contribution in [0.15, 0.2) is 22.0 Å². The zero-order valence-corrected chi connectivity index (χ0v) is 8.48. The Labute approximate surface area is 84.3 Å². The fourth-order valence-electron chi connectivity index (χ4n) is 1.12. The number of hydrogen-bond donors (Lipinski definition) is 2. The van der Waals surface area contributed by atoms with Gasteiger partial charge in [-0.1, -0.05) is 0 Å². The topological polar surface area (TPSA) is 89.3 Å². The molecule has 0 aliphatic carbocycles. The predicted octanol–water partition coefficient (Wildman–Crippen LogP) is -0.134. The molecule has 0 unspecified atom stereocenters. The van der Waals surface area contributed by atoms with E-state index in [1.807, 2.05) is 0 Å². The van der Waals surface area contributed by atoms with Crippen molar-refractivity contribution < 1.29 is 13.2 Å². The lowest BCUT2D eigenvalue weighted by atomic mass is 10.3. The highest BCUT2D eigenvalue weighted by Gasteiger charge is 2.26. The van der Waals surface area contributed by atoms with Crippen molar-refractivity contribution in [2.45, 2.75) is 4.90 Å². The van der Waals surface area contributed by atoms with Crippen LogP contribution in [0.3, 0.4) is 0 Å². The van der Waals surface area contributed by atoms with Gasteiger partial charge >= 0.3 is 0 Å². The molecule has 0 bridgehead atoms. The van der Waals surface area contributed by atoms with E-state index in [9.17, 15) is 13.2 Å². The number of thiophene rings is 1. The minimum Gasteiger partial charge on any atom is -0.364 e. The smallest absolute Gasteiger partial charge is 0.265 e. The number of hydrogen-bond acceptors (Lipinski definition) is 4. The third-order valence-corrected chi connectivity index (χ3v) is 4.15. The van der Waals surface area contributed by atoms with E-state index in [1.165, 1.54) is 23.5 Å². The second-order valence-corrected chi connectivity index (χ2v) is 5.28. The van der Waals surface area contributed by atoms with Gasteiger partial charge in [-0.15, -0.1) is 11.3 Å². The molecule has 0 saturated heterocycles. The molecule has 74 valence electrons. The molecule has 0 fully saturated rings. The van der Waals surface area contributed by atoms with Crippen molar-refractivity contribution in [3.05, 3.63) is 22.0 Å². The molecule has 1 aromatic rings. The minimum atomic E-state index is -3.60. The zero-order valence-electron chi connectivity index (χ0n) is 6.85. The molecule has 2 rings (SSSR count). The van der Waals surface area contributed by atoms with Crippen LogP contribution in [-0.2, 0) is 14.8 Å². The highest BCUT2D eigenvalue weighted by Crippen LogP contribution is 2.27. The van der Waals surface area contributed by atoms with Gasteiger partial charge in [-0.05, 0) is 17.5 Å². The Morgan fingerprint density at radius 1 is 1.50 bits per heavy atom. The van der Waals surface area contributed by atoms with Crippen LogP contribution < -0.4 is 10.5 Å². The van der Waals surface area contributed by atoms with Gasteiger partial charge in [0.15, 0.2) is 0 Å². The number of primary amides is 1. The number of sulfonamides is 1. The fraction of sp³-hybridized carbons (Fsp3) is 0. The van der Waals surface area contributed by atoms with Crippen LogP contribution in [0.25, 0.3) is 6.08 Å². The van der Waals surface area contributed by atoms with Crippen molar-refractivity contribution in [2.24, 2.45) is 5.73 Å². The van der Waals surface area contributed by atoms with Gasteiger partial charge in [0.25, 0.3) is 15.9 Å². The van der Waals surface area contributed by atoms with Crippen LogP contribution in [0.1, 0.15) is 4.88 Å². The van der Waals surface area contributed by atoms with Crippen molar-refractivity contribution in [1.82, 2.24) is 4.72 Å². The monoisotopic (exact) mass is 230 g/mol. The molecule has 5 nitrogen and oxygen atoms in total. The minimum absolute atomic E-state index is 0.0973. The van der Waals surface area contributed by atoms with Crippen molar-refractivity contribution >= 4 is 33.3 Å². The Bertz CT molecular complexity index is 527. The van der Waals surface area contributed by atoms with E-state index < -0.39 is 15.9 Å². The van der Waals surface area contributed by atoms with Crippen molar-refractivity contribution in [2.75, 3.05) is 0 Å². The molecule has 0 radical (unpaired) electrons. The Morgan fingerprint density at radius 3 is 2.86 bits per heavy atom. The van der Waals surface area contributed by atoms with Gasteiger partial charge in [-0.3, -0.25) is 9.52 Å². The maximum atomic E-state index is 11.5. The Kier molecular flexibility index (Phi) is 1.86. The molecule has 14 heavy (non-hydrogen) atoms. The highest BCUT2D eigenvalue weighted by atomic mass is 32.2. The van der Waals surface area contributed by atoms with Gasteiger partial charge in [0.2, 0.25) is 0 Å². The predicted molar refractivity (Wildman–Crippen MR) is 51.8 cm³/mol. The summed E-state index contributed by atoms with van der Waals surface area (Å²) in [6.07, 6.45) is 1.43. The summed E-state index contributed by atoms with van der Waals surface area (Å²) in [7, 11) is -3.60. The number of nitrogens with one attached hydrogen (secondary N) is 1. The van der Waals surface area contributed by atoms with Crippen LogP contribution in [0, 0.1) is 0 Å². The van der Waals surface area contributed by atoms with Gasteiger partial charge in [0, 0.05) is 4.88 Å². The van der Waals surface area contributed by atoms with Crippen LogP contribution in [0.5, 0.6) is 0 Å². The molecule has 0 spiro atoms. The molecule has 3 N–H and O–H groups in total. The SMILES string of the molecule is NC(=O)C1=Cc2sccc2S(=O)(=O)N1. The molecule has 1 aliphatic heterocycles. The summed E-state index contributed by atoms with van der Waals surface area (Å²) in [5, 5.41) is 1.64. The average molecular weight is 230 g/mol. The maximum absolute atomic E-state index is 11.5. The van der Waals surface area contributed by atoms with Gasteiger partial charge in [-0.2, -0.15) is 0 Å². The third kappa shape index (κ3) is 1.30. The second-order valence-electron chi connectivity index (χ2n) is 2.68. The van der Waals surface area contributed by atoms with E-state index in [1.54, 1.807) is 5.38 Å². The van der Waals surface area contributed by atoms with Crippen LogP contribution in [0.2, 0.25) is 0 Å². The third-order valence-electron chi connectivity index (χ3n) is 1.73. The van der Waals surface area contributed by atoms with E-state index in [0.717, 1.165) is 0 Å². The molecule has 0 saturated carbocycles. The highest BCUT2D eigenvalue weighted by molar-refractivity contribution is 7.90. The lowest BCUT2D eigenvalue weighted by Gasteiger charge is -2.13. The van der Waals surface area contributed by atoms with Crippen molar-refractivity contribution in [3.63, 3.8) is 0 Å². The summed E-state index contributed by atoms with van der Waals surface area (Å²) in [6, 6.07) is 1.48. The first-order valence-electron chi connectivity index (χ1n) is 3.62. The largest absolute Gasteiger partial charge is 0.364 e. The Balaban J connectivity index is 2.66. The van der Waals surface area contributed by atoms with Crippen LogP contribution in [-0.4, -0.2) is 14.3 Å². The van der Waals surface area contributed by atoms with Gasteiger partial charge in [0.05, 0.1) is 0 Å².